The van der Waals surface area contributed by atoms with Crippen LogP contribution in [0.15, 0.2) is 54.6 Å². The molecule has 0 saturated heterocycles. The highest BCUT2D eigenvalue weighted by molar-refractivity contribution is 6.33. The monoisotopic (exact) mass is 316 g/mol. The number of benzene rings is 2. The molecule has 0 heterocycles. The van der Waals surface area contributed by atoms with Crippen LogP contribution in [0, 0.1) is 0 Å². The van der Waals surface area contributed by atoms with Crippen molar-refractivity contribution in [1.82, 2.24) is 5.32 Å². The van der Waals surface area contributed by atoms with Crippen molar-refractivity contribution in [2.24, 2.45) is 5.73 Å². The molecule has 0 bridgehead atoms. The van der Waals surface area contributed by atoms with E-state index >= 15 is 0 Å². The van der Waals surface area contributed by atoms with Gasteiger partial charge in [-0.05, 0) is 30.5 Å². The number of carbonyl (C=O) groups is 2. The Morgan fingerprint density at radius 3 is 2.32 bits per heavy atom. The zero-order chi connectivity index (χ0) is 15.9. The van der Waals surface area contributed by atoms with Gasteiger partial charge in [-0.2, -0.15) is 0 Å². The molecule has 2 rings (SSSR count). The Kier molecular flexibility index (Phi) is 5.55. The smallest absolute Gasteiger partial charge is 0.253 e. The summed E-state index contributed by atoms with van der Waals surface area (Å²) in [6, 6.07) is 15.7. The van der Waals surface area contributed by atoms with Crippen LogP contribution in [0.1, 0.15) is 22.3 Å². The average molecular weight is 317 g/mol. The van der Waals surface area contributed by atoms with E-state index in [4.69, 9.17) is 17.3 Å². The second kappa shape index (κ2) is 7.61. The summed E-state index contributed by atoms with van der Waals surface area (Å²) < 4.78 is 0. The van der Waals surface area contributed by atoms with Gasteiger partial charge in [0.25, 0.3) is 5.91 Å². The summed E-state index contributed by atoms with van der Waals surface area (Å²) in [5, 5.41) is 2.99. The van der Waals surface area contributed by atoms with E-state index < -0.39 is 17.9 Å². The lowest BCUT2D eigenvalue weighted by molar-refractivity contribution is -0.120. The summed E-state index contributed by atoms with van der Waals surface area (Å²) in [7, 11) is 0. The summed E-state index contributed by atoms with van der Waals surface area (Å²) in [5.41, 5.74) is 6.79. The molecule has 3 N–H and O–H groups in total. The molecule has 22 heavy (non-hydrogen) atoms. The number of primary amides is 1. The summed E-state index contributed by atoms with van der Waals surface area (Å²) in [5.74, 6) is -0.959. The number of rotatable bonds is 6. The van der Waals surface area contributed by atoms with Crippen LogP contribution < -0.4 is 11.1 Å². The number of amides is 2. The molecule has 0 fully saturated rings. The number of aryl methyl sites for hydroxylation is 1. The Morgan fingerprint density at radius 2 is 1.68 bits per heavy atom. The lowest BCUT2D eigenvalue weighted by Crippen LogP contribution is -2.44. The fourth-order valence-corrected chi connectivity index (χ4v) is 2.34. The molecule has 0 saturated carbocycles. The highest BCUT2D eigenvalue weighted by Crippen LogP contribution is 2.15. The lowest BCUT2D eigenvalue weighted by Gasteiger charge is -2.16. The first kappa shape index (κ1) is 16.0. The van der Waals surface area contributed by atoms with E-state index in [9.17, 15) is 9.59 Å². The van der Waals surface area contributed by atoms with Crippen molar-refractivity contribution >= 4 is 23.4 Å². The van der Waals surface area contributed by atoms with Crippen molar-refractivity contribution in [3.8, 4) is 0 Å². The third-order valence-corrected chi connectivity index (χ3v) is 3.66. The molecule has 2 aromatic carbocycles. The molecule has 0 aliphatic carbocycles. The fraction of sp³-hybridized carbons (Fsp3) is 0.176. The van der Waals surface area contributed by atoms with Crippen LogP contribution in [-0.2, 0) is 11.2 Å². The normalized spacial score (nSPS) is 11.7. The average Bonchev–Trinajstić information content (AvgIpc) is 2.52. The van der Waals surface area contributed by atoms with E-state index in [2.05, 4.69) is 5.32 Å². The van der Waals surface area contributed by atoms with Gasteiger partial charge in [-0.3, -0.25) is 9.59 Å². The zero-order valence-corrected chi connectivity index (χ0v) is 12.7. The topological polar surface area (TPSA) is 72.2 Å². The number of hydrogen-bond donors (Lipinski definition) is 2. The van der Waals surface area contributed by atoms with Crippen LogP contribution in [0.5, 0.6) is 0 Å². The fourth-order valence-electron chi connectivity index (χ4n) is 2.12. The third kappa shape index (κ3) is 4.33. The molecular formula is C17H17ClN2O2. The maximum atomic E-state index is 12.2. The lowest BCUT2D eigenvalue weighted by atomic mass is 10.0. The number of halogens is 1. The van der Waals surface area contributed by atoms with E-state index in [-0.39, 0.29) is 0 Å². The van der Waals surface area contributed by atoms with Gasteiger partial charge in [0, 0.05) is 0 Å². The number of nitrogens with two attached hydrogens (primary N) is 1. The largest absolute Gasteiger partial charge is 0.368 e. The zero-order valence-electron chi connectivity index (χ0n) is 12.0. The van der Waals surface area contributed by atoms with Gasteiger partial charge in [0.15, 0.2) is 0 Å². The second-order valence-corrected chi connectivity index (χ2v) is 5.34. The van der Waals surface area contributed by atoms with Crippen LogP contribution in [0.25, 0.3) is 0 Å². The van der Waals surface area contributed by atoms with Crippen molar-refractivity contribution in [3.63, 3.8) is 0 Å². The molecule has 0 aromatic heterocycles. The van der Waals surface area contributed by atoms with Crippen LogP contribution in [0.3, 0.4) is 0 Å². The van der Waals surface area contributed by atoms with Crippen LogP contribution in [-0.4, -0.2) is 17.9 Å². The molecule has 4 nitrogen and oxygen atoms in total. The third-order valence-electron chi connectivity index (χ3n) is 3.33. The summed E-state index contributed by atoms with van der Waals surface area (Å²) in [6.45, 7) is 0. The highest BCUT2D eigenvalue weighted by atomic mass is 35.5. The molecule has 0 aliphatic heterocycles. The molecule has 0 aliphatic rings. The first-order chi connectivity index (χ1) is 10.6. The molecule has 0 unspecified atom stereocenters. The van der Waals surface area contributed by atoms with Gasteiger partial charge in [0.1, 0.15) is 6.04 Å². The molecule has 5 heteroatoms. The van der Waals surface area contributed by atoms with Gasteiger partial charge in [0.05, 0.1) is 10.6 Å². The van der Waals surface area contributed by atoms with Gasteiger partial charge >= 0.3 is 0 Å². The van der Waals surface area contributed by atoms with E-state index in [1.54, 1.807) is 24.3 Å². The quantitative estimate of drug-likeness (QED) is 0.859. The second-order valence-electron chi connectivity index (χ2n) is 4.93. The van der Waals surface area contributed by atoms with E-state index in [0.29, 0.717) is 23.4 Å². The Balaban J connectivity index is 2.01. The van der Waals surface area contributed by atoms with Gasteiger partial charge in [-0.15, -0.1) is 0 Å². The van der Waals surface area contributed by atoms with Gasteiger partial charge in [0.2, 0.25) is 5.91 Å². The minimum atomic E-state index is -0.732. The Labute approximate surface area is 134 Å². The van der Waals surface area contributed by atoms with Gasteiger partial charge in [-0.25, -0.2) is 0 Å². The van der Waals surface area contributed by atoms with E-state index in [1.165, 1.54) is 0 Å². The van der Waals surface area contributed by atoms with E-state index in [1.807, 2.05) is 30.3 Å². The molecule has 114 valence electrons. The van der Waals surface area contributed by atoms with Crippen molar-refractivity contribution in [2.75, 3.05) is 0 Å². The van der Waals surface area contributed by atoms with Crippen molar-refractivity contribution in [1.29, 1.82) is 0 Å². The predicted octanol–water partition coefficient (Wildman–Crippen LogP) is 2.56. The maximum Gasteiger partial charge on any atom is 0.253 e. The number of hydrogen-bond acceptors (Lipinski definition) is 2. The van der Waals surface area contributed by atoms with Crippen LogP contribution in [0.2, 0.25) is 5.02 Å². The predicted molar refractivity (Wildman–Crippen MR) is 86.7 cm³/mol. The van der Waals surface area contributed by atoms with Crippen LogP contribution in [0.4, 0.5) is 0 Å². The number of carbonyl (C=O) groups excluding carboxylic acids is 2. The minimum absolute atomic E-state index is 0.329. The summed E-state index contributed by atoms with van der Waals surface area (Å²) in [6.07, 6.45) is 1.09. The Bertz CT molecular complexity index is 659. The summed E-state index contributed by atoms with van der Waals surface area (Å²) >= 11 is 5.98. The molecule has 2 aromatic rings. The molecule has 2 amide bonds. The van der Waals surface area contributed by atoms with E-state index in [0.717, 1.165) is 5.56 Å². The summed E-state index contributed by atoms with van der Waals surface area (Å²) in [4.78, 5) is 23.7. The van der Waals surface area contributed by atoms with Crippen molar-refractivity contribution in [3.05, 3.63) is 70.7 Å². The SMILES string of the molecule is NC(=O)[C@H](CCc1ccccc1)NC(=O)c1ccccc1Cl. The first-order valence-electron chi connectivity index (χ1n) is 6.96. The Hall–Kier alpha value is -2.33. The molecule has 0 spiro atoms. The van der Waals surface area contributed by atoms with Crippen molar-refractivity contribution < 1.29 is 9.59 Å². The van der Waals surface area contributed by atoms with Crippen molar-refractivity contribution in [2.45, 2.75) is 18.9 Å². The van der Waals surface area contributed by atoms with Gasteiger partial charge in [-0.1, -0.05) is 54.1 Å². The standard InChI is InChI=1S/C17H17ClN2O2/c18-14-9-5-4-8-13(14)17(22)20-15(16(19)21)11-10-12-6-2-1-3-7-12/h1-9,15H,10-11H2,(H2,19,21)(H,20,22)/t15-/m0/s1. The highest BCUT2D eigenvalue weighted by Gasteiger charge is 2.19. The molecular weight excluding hydrogens is 300 g/mol. The number of nitrogens with one attached hydrogen (secondary N) is 1. The molecule has 0 radical (unpaired) electrons. The van der Waals surface area contributed by atoms with Gasteiger partial charge < -0.3 is 11.1 Å². The maximum absolute atomic E-state index is 12.2. The molecule has 1 atom stereocenters. The van der Waals surface area contributed by atoms with Crippen LogP contribution >= 0.6 is 11.6 Å². The first-order valence-corrected chi connectivity index (χ1v) is 7.34. The minimum Gasteiger partial charge on any atom is -0.368 e. The Morgan fingerprint density at radius 1 is 1.05 bits per heavy atom.